The lowest BCUT2D eigenvalue weighted by Crippen LogP contribution is -1.88. The van der Waals surface area contributed by atoms with E-state index < -0.39 is 0 Å². The molecule has 3 N–H and O–H groups in total. The Kier molecular flexibility index (Phi) is 1.49. The van der Waals surface area contributed by atoms with Crippen molar-refractivity contribution < 1.29 is 5.11 Å². The highest BCUT2D eigenvalue weighted by molar-refractivity contribution is 5.97. The predicted molar refractivity (Wildman–Crippen MR) is 53.7 cm³/mol. The maximum atomic E-state index is 9.59. The van der Waals surface area contributed by atoms with E-state index in [0.717, 1.165) is 16.5 Å². The van der Waals surface area contributed by atoms with E-state index in [9.17, 15) is 5.11 Å². The minimum Gasteiger partial charge on any atom is -0.493 e. The van der Waals surface area contributed by atoms with Crippen LogP contribution in [0.15, 0.2) is 18.2 Å². The fraction of sp³-hybridized carbons (Fsp3) is 0.200. The highest BCUT2D eigenvalue weighted by atomic mass is 16.3. The summed E-state index contributed by atoms with van der Waals surface area (Å²) >= 11 is 0. The molecule has 3 nitrogen and oxygen atoms in total. The summed E-state index contributed by atoms with van der Waals surface area (Å²) in [6, 6.07) is 5.85. The number of hydrogen-bond acceptors (Lipinski definition) is 2. The average molecular weight is 176 g/mol. The van der Waals surface area contributed by atoms with Crippen LogP contribution < -0.4 is 5.73 Å². The average Bonchev–Trinajstić information content (AvgIpc) is 2.33. The molecular formula is C10H12N2O. The van der Waals surface area contributed by atoms with E-state index in [4.69, 9.17) is 5.73 Å². The Morgan fingerprint density at radius 1 is 1.38 bits per heavy atom. The quantitative estimate of drug-likeness (QED) is 0.642. The number of fused-ring (bicyclic) bond motifs is 1. The summed E-state index contributed by atoms with van der Waals surface area (Å²) < 4.78 is 1.71. The van der Waals surface area contributed by atoms with Gasteiger partial charge in [-0.3, -0.25) is 0 Å². The second-order valence-corrected chi connectivity index (χ2v) is 3.27. The molecule has 0 bridgehead atoms. The maximum absolute atomic E-state index is 9.59. The number of aryl methyl sites for hydroxylation is 2. The van der Waals surface area contributed by atoms with E-state index in [2.05, 4.69) is 0 Å². The highest BCUT2D eigenvalue weighted by Gasteiger charge is 2.11. The third kappa shape index (κ3) is 0.900. The number of nitrogens with zero attached hydrogens (tertiary/aromatic N) is 1. The Balaban J connectivity index is 3.03. The molecule has 1 aromatic heterocycles. The Morgan fingerprint density at radius 2 is 2.08 bits per heavy atom. The van der Waals surface area contributed by atoms with E-state index in [1.54, 1.807) is 11.6 Å². The molecule has 0 aliphatic rings. The number of hydrogen-bond donors (Lipinski definition) is 2. The summed E-state index contributed by atoms with van der Waals surface area (Å²) in [5.74, 6) is 0.143. The predicted octanol–water partition coefficient (Wildman–Crippen LogP) is 1.77. The SMILES string of the molecule is Cc1cccc2c(N)c(O)n(C)c12. The van der Waals surface area contributed by atoms with E-state index in [1.807, 2.05) is 25.1 Å². The smallest absolute Gasteiger partial charge is 0.215 e. The molecule has 3 heteroatoms. The first-order valence-electron chi connectivity index (χ1n) is 4.15. The van der Waals surface area contributed by atoms with Gasteiger partial charge in [0.25, 0.3) is 0 Å². The summed E-state index contributed by atoms with van der Waals surface area (Å²) in [7, 11) is 1.81. The van der Waals surface area contributed by atoms with Crippen molar-refractivity contribution in [2.24, 2.45) is 7.05 Å². The Bertz CT molecular complexity index is 471. The third-order valence-corrected chi connectivity index (χ3v) is 2.42. The van der Waals surface area contributed by atoms with Crippen LogP contribution in [0, 0.1) is 6.92 Å². The molecule has 2 aromatic rings. The number of para-hydroxylation sites is 1. The van der Waals surface area contributed by atoms with Gasteiger partial charge in [0, 0.05) is 12.4 Å². The first kappa shape index (κ1) is 7.98. The van der Waals surface area contributed by atoms with Gasteiger partial charge in [-0.15, -0.1) is 0 Å². The minimum atomic E-state index is 0.143. The van der Waals surface area contributed by atoms with Gasteiger partial charge >= 0.3 is 0 Å². The molecule has 0 radical (unpaired) electrons. The van der Waals surface area contributed by atoms with Crippen molar-refractivity contribution in [2.75, 3.05) is 5.73 Å². The number of benzene rings is 1. The fourth-order valence-electron chi connectivity index (χ4n) is 1.73. The van der Waals surface area contributed by atoms with Crippen LogP contribution in [0.3, 0.4) is 0 Å². The van der Waals surface area contributed by atoms with E-state index in [1.165, 1.54) is 0 Å². The van der Waals surface area contributed by atoms with Crippen LogP contribution in [0.5, 0.6) is 5.88 Å². The zero-order valence-corrected chi connectivity index (χ0v) is 7.70. The van der Waals surface area contributed by atoms with Gasteiger partial charge < -0.3 is 15.4 Å². The van der Waals surface area contributed by atoms with Crippen molar-refractivity contribution >= 4 is 16.6 Å². The molecule has 0 saturated carbocycles. The van der Waals surface area contributed by atoms with Crippen molar-refractivity contribution in [1.29, 1.82) is 0 Å². The molecule has 0 amide bonds. The van der Waals surface area contributed by atoms with Gasteiger partial charge in [0.05, 0.1) is 5.52 Å². The monoisotopic (exact) mass is 176 g/mol. The lowest BCUT2D eigenvalue weighted by Gasteiger charge is -1.99. The van der Waals surface area contributed by atoms with Crippen molar-refractivity contribution in [2.45, 2.75) is 6.92 Å². The largest absolute Gasteiger partial charge is 0.493 e. The lowest BCUT2D eigenvalue weighted by molar-refractivity contribution is 0.438. The number of aromatic nitrogens is 1. The van der Waals surface area contributed by atoms with Gasteiger partial charge in [-0.2, -0.15) is 0 Å². The van der Waals surface area contributed by atoms with Crippen molar-refractivity contribution in [3.05, 3.63) is 23.8 Å². The Labute approximate surface area is 76.4 Å². The molecule has 2 rings (SSSR count). The van der Waals surface area contributed by atoms with Crippen molar-refractivity contribution in [3.8, 4) is 5.88 Å². The van der Waals surface area contributed by atoms with Crippen molar-refractivity contribution in [1.82, 2.24) is 4.57 Å². The molecule has 68 valence electrons. The second-order valence-electron chi connectivity index (χ2n) is 3.27. The molecule has 13 heavy (non-hydrogen) atoms. The molecule has 0 saturated heterocycles. The zero-order valence-electron chi connectivity index (χ0n) is 7.70. The molecule has 0 fully saturated rings. The minimum absolute atomic E-state index is 0.143. The van der Waals surface area contributed by atoms with Gasteiger partial charge in [-0.1, -0.05) is 18.2 Å². The Hall–Kier alpha value is -1.64. The van der Waals surface area contributed by atoms with Gasteiger partial charge in [0.15, 0.2) is 0 Å². The summed E-state index contributed by atoms with van der Waals surface area (Å²) in [4.78, 5) is 0. The van der Waals surface area contributed by atoms with Crippen LogP contribution in [0.2, 0.25) is 0 Å². The lowest BCUT2D eigenvalue weighted by atomic mass is 10.1. The number of nitrogen functional groups attached to an aromatic ring is 1. The number of nitrogens with two attached hydrogens (primary N) is 1. The molecule has 0 aliphatic carbocycles. The zero-order chi connectivity index (χ0) is 9.59. The molecule has 0 unspecified atom stereocenters. The standard InChI is InChI=1S/C10H12N2O/c1-6-4-3-5-7-8(11)10(13)12(2)9(6)7/h3-5,13H,11H2,1-2H3. The normalized spacial score (nSPS) is 10.9. The number of aromatic hydroxyl groups is 1. The maximum Gasteiger partial charge on any atom is 0.215 e. The van der Waals surface area contributed by atoms with Gasteiger partial charge in [-0.05, 0) is 12.5 Å². The van der Waals surface area contributed by atoms with Crippen LogP contribution in [-0.2, 0) is 7.05 Å². The van der Waals surface area contributed by atoms with Crippen molar-refractivity contribution in [3.63, 3.8) is 0 Å². The fourth-order valence-corrected chi connectivity index (χ4v) is 1.73. The topological polar surface area (TPSA) is 51.2 Å². The molecule has 0 atom stereocenters. The van der Waals surface area contributed by atoms with E-state index >= 15 is 0 Å². The Morgan fingerprint density at radius 3 is 2.69 bits per heavy atom. The molecule has 0 spiro atoms. The molecular weight excluding hydrogens is 164 g/mol. The van der Waals surface area contributed by atoms with Crippen LogP contribution >= 0.6 is 0 Å². The highest BCUT2D eigenvalue weighted by Crippen LogP contribution is 2.33. The molecule has 1 aromatic carbocycles. The third-order valence-electron chi connectivity index (χ3n) is 2.42. The van der Waals surface area contributed by atoms with Crippen LogP contribution in [-0.4, -0.2) is 9.67 Å². The summed E-state index contributed by atoms with van der Waals surface area (Å²) in [6.07, 6.45) is 0. The van der Waals surface area contributed by atoms with Crippen LogP contribution in [0.4, 0.5) is 5.69 Å². The molecule has 1 heterocycles. The second kappa shape index (κ2) is 2.42. The number of anilines is 1. The van der Waals surface area contributed by atoms with Gasteiger partial charge in [0.1, 0.15) is 5.69 Å². The first-order chi connectivity index (χ1) is 6.13. The van der Waals surface area contributed by atoms with Crippen LogP contribution in [0.1, 0.15) is 5.56 Å². The summed E-state index contributed by atoms with van der Waals surface area (Å²) in [5, 5.41) is 10.5. The van der Waals surface area contributed by atoms with E-state index in [-0.39, 0.29) is 5.88 Å². The van der Waals surface area contributed by atoms with Crippen LogP contribution in [0.25, 0.3) is 10.9 Å². The van der Waals surface area contributed by atoms with Gasteiger partial charge in [-0.25, -0.2) is 0 Å². The number of rotatable bonds is 0. The van der Waals surface area contributed by atoms with E-state index in [0.29, 0.717) is 5.69 Å². The summed E-state index contributed by atoms with van der Waals surface area (Å²) in [5.41, 5.74) is 8.31. The summed E-state index contributed by atoms with van der Waals surface area (Å²) in [6.45, 7) is 2.00. The van der Waals surface area contributed by atoms with Gasteiger partial charge in [0.2, 0.25) is 5.88 Å². The molecule has 0 aliphatic heterocycles. The first-order valence-corrected chi connectivity index (χ1v) is 4.15.